The van der Waals surface area contributed by atoms with Gasteiger partial charge in [0.2, 0.25) is 0 Å². The quantitative estimate of drug-likeness (QED) is 0.685. The van der Waals surface area contributed by atoms with E-state index in [1.54, 1.807) is 0 Å². The number of rotatable bonds is 4. The van der Waals surface area contributed by atoms with E-state index in [2.05, 4.69) is 47.7 Å². The number of para-hydroxylation sites is 1. The van der Waals surface area contributed by atoms with Crippen molar-refractivity contribution in [1.82, 2.24) is 14.5 Å². The van der Waals surface area contributed by atoms with Crippen LogP contribution in [0.15, 0.2) is 36.7 Å². The molecule has 2 aromatic heterocycles. The number of hydrogen-bond donors (Lipinski definition) is 0. The molecule has 108 valence electrons. The molecule has 4 heteroatoms. The van der Waals surface area contributed by atoms with Crippen molar-refractivity contribution in [2.45, 2.75) is 26.8 Å². The van der Waals surface area contributed by atoms with Crippen LogP contribution in [0.3, 0.4) is 0 Å². The Morgan fingerprint density at radius 3 is 2.76 bits per heavy atom. The maximum atomic E-state index is 5.95. The number of nitrogens with zero attached hydrogens (tertiary/aromatic N) is 3. The molecule has 0 aliphatic carbocycles. The molecule has 2 heterocycles. The summed E-state index contributed by atoms with van der Waals surface area (Å²) in [6, 6.07) is 8.38. The van der Waals surface area contributed by atoms with Gasteiger partial charge < -0.3 is 4.57 Å². The Labute approximate surface area is 129 Å². The fourth-order valence-corrected chi connectivity index (χ4v) is 2.81. The van der Waals surface area contributed by atoms with Gasteiger partial charge in [0, 0.05) is 31.2 Å². The van der Waals surface area contributed by atoms with Crippen molar-refractivity contribution in [1.29, 1.82) is 0 Å². The minimum absolute atomic E-state index is 0.581. The number of alkyl halides is 1. The third kappa shape index (κ3) is 2.66. The van der Waals surface area contributed by atoms with Gasteiger partial charge in [-0.2, -0.15) is 0 Å². The summed E-state index contributed by atoms with van der Waals surface area (Å²) in [6.45, 7) is 5.00. The molecule has 0 aliphatic rings. The average Bonchev–Trinajstić information content (AvgIpc) is 2.82. The number of hydrogen-bond acceptors (Lipinski definition) is 2. The fourth-order valence-electron chi connectivity index (χ4n) is 2.64. The van der Waals surface area contributed by atoms with Crippen LogP contribution in [0, 0.1) is 13.8 Å². The van der Waals surface area contributed by atoms with Gasteiger partial charge in [-0.3, -0.25) is 4.98 Å². The zero-order valence-electron chi connectivity index (χ0n) is 12.3. The van der Waals surface area contributed by atoms with E-state index in [1.807, 2.05) is 12.4 Å². The number of aryl methyl sites for hydroxylation is 3. The Bertz CT molecular complexity index is 777. The highest BCUT2D eigenvalue weighted by Gasteiger charge is 2.12. The maximum Gasteiger partial charge on any atom is 0.111 e. The van der Waals surface area contributed by atoms with Gasteiger partial charge in [-0.1, -0.05) is 12.1 Å². The fraction of sp³-hybridized carbons (Fsp3) is 0.294. The highest BCUT2D eigenvalue weighted by atomic mass is 35.5. The smallest absolute Gasteiger partial charge is 0.111 e. The molecule has 21 heavy (non-hydrogen) atoms. The summed E-state index contributed by atoms with van der Waals surface area (Å²) in [6.07, 6.45) is 4.52. The van der Waals surface area contributed by atoms with Crippen LogP contribution in [0.25, 0.3) is 11.0 Å². The minimum atomic E-state index is 0.581. The molecule has 0 amide bonds. The minimum Gasteiger partial charge on any atom is -0.323 e. The maximum absolute atomic E-state index is 5.95. The Hall–Kier alpha value is -1.87. The summed E-state index contributed by atoms with van der Waals surface area (Å²) in [4.78, 5) is 8.95. The van der Waals surface area contributed by atoms with Crippen LogP contribution in [0.2, 0.25) is 0 Å². The zero-order valence-corrected chi connectivity index (χ0v) is 13.1. The standard InChI is InChI=1S/C17H18ClN3/c1-12-4-3-5-15-17(12)20-16(6-8-18)21(15)11-14-7-9-19-10-13(14)2/h3-5,7,9-10H,6,8,11H2,1-2H3. The number of halogens is 1. The first-order chi connectivity index (χ1) is 10.2. The normalized spacial score (nSPS) is 11.2. The second-order valence-corrected chi connectivity index (χ2v) is 5.68. The van der Waals surface area contributed by atoms with Gasteiger partial charge in [0.05, 0.1) is 11.0 Å². The third-order valence-corrected chi connectivity index (χ3v) is 4.03. The molecule has 0 radical (unpaired) electrons. The van der Waals surface area contributed by atoms with E-state index >= 15 is 0 Å². The van der Waals surface area contributed by atoms with E-state index in [9.17, 15) is 0 Å². The Kier molecular flexibility index (Phi) is 3.93. The molecular formula is C17H18ClN3. The van der Waals surface area contributed by atoms with Gasteiger partial charge >= 0.3 is 0 Å². The van der Waals surface area contributed by atoms with Crippen molar-refractivity contribution in [2.24, 2.45) is 0 Å². The molecule has 3 rings (SSSR count). The summed E-state index contributed by atoms with van der Waals surface area (Å²) in [5, 5.41) is 0. The summed E-state index contributed by atoms with van der Waals surface area (Å²) in [7, 11) is 0. The van der Waals surface area contributed by atoms with Crippen LogP contribution in [0.5, 0.6) is 0 Å². The SMILES string of the molecule is Cc1cnccc1Cn1c(CCCl)nc2c(C)cccc21. The lowest BCUT2D eigenvalue weighted by Crippen LogP contribution is -2.07. The molecule has 3 aromatic rings. The molecule has 0 atom stereocenters. The molecule has 0 unspecified atom stereocenters. The van der Waals surface area contributed by atoms with E-state index in [1.165, 1.54) is 22.2 Å². The molecule has 3 nitrogen and oxygen atoms in total. The molecule has 0 fully saturated rings. The van der Waals surface area contributed by atoms with Crippen LogP contribution in [0.1, 0.15) is 22.5 Å². The average molecular weight is 300 g/mol. The molecule has 0 saturated heterocycles. The molecule has 1 aromatic carbocycles. The van der Waals surface area contributed by atoms with Crippen LogP contribution in [0.4, 0.5) is 0 Å². The number of benzene rings is 1. The number of pyridine rings is 1. The van der Waals surface area contributed by atoms with Crippen molar-refractivity contribution in [3.8, 4) is 0 Å². The largest absolute Gasteiger partial charge is 0.323 e. The Morgan fingerprint density at radius 1 is 1.14 bits per heavy atom. The summed E-state index contributed by atoms with van der Waals surface area (Å²) in [5.41, 5.74) is 5.91. The number of aromatic nitrogens is 3. The Morgan fingerprint density at radius 2 is 2.00 bits per heavy atom. The van der Waals surface area contributed by atoms with E-state index in [-0.39, 0.29) is 0 Å². The van der Waals surface area contributed by atoms with Gasteiger partial charge in [0.15, 0.2) is 0 Å². The second kappa shape index (κ2) is 5.86. The Balaban J connectivity index is 2.13. The van der Waals surface area contributed by atoms with Gasteiger partial charge in [0.1, 0.15) is 5.82 Å². The van der Waals surface area contributed by atoms with Gasteiger partial charge in [0.25, 0.3) is 0 Å². The predicted octanol–water partition coefficient (Wildman–Crippen LogP) is 3.88. The zero-order chi connectivity index (χ0) is 14.8. The van der Waals surface area contributed by atoms with Crippen molar-refractivity contribution in [3.05, 3.63) is 59.2 Å². The van der Waals surface area contributed by atoms with Crippen LogP contribution in [-0.2, 0) is 13.0 Å². The summed E-state index contributed by atoms with van der Waals surface area (Å²) in [5.74, 6) is 1.63. The van der Waals surface area contributed by atoms with Crippen molar-refractivity contribution >= 4 is 22.6 Å². The lowest BCUT2D eigenvalue weighted by Gasteiger charge is -2.10. The summed E-state index contributed by atoms with van der Waals surface area (Å²) < 4.78 is 2.27. The van der Waals surface area contributed by atoms with Crippen LogP contribution in [-0.4, -0.2) is 20.4 Å². The second-order valence-electron chi connectivity index (χ2n) is 5.30. The highest BCUT2D eigenvalue weighted by Crippen LogP contribution is 2.22. The lowest BCUT2D eigenvalue weighted by molar-refractivity contribution is 0.750. The van der Waals surface area contributed by atoms with E-state index in [0.29, 0.717) is 5.88 Å². The van der Waals surface area contributed by atoms with Gasteiger partial charge in [-0.25, -0.2) is 4.98 Å². The molecule has 0 spiro atoms. The van der Waals surface area contributed by atoms with Crippen molar-refractivity contribution in [2.75, 3.05) is 5.88 Å². The first-order valence-electron chi connectivity index (χ1n) is 7.11. The molecule has 0 saturated carbocycles. The van der Waals surface area contributed by atoms with Crippen molar-refractivity contribution in [3.63, 3.8) is 0 Å². The van der Waals surface area contributed by atoms with Crippen LogP contribution < -0.4 is 0 Å². The monoisotopic (exact) mass is 299 g/mol. The van der Waals surface area contributed by atoms with Gasteiger partial charge in [-0.15, -0.1) is 11.6 Å². The number of imidazole rings is 1. The first kappa shape index (κ1) is 14.1. The summed E-state index contributed by atoms with van der Waals surface area (Å²) >= 11 is 5.95. The predicted molar refractivity (Wildman–Crippen MR) is 87.0 cm³/mol. The van der Waals surface area contributed by atoms with Crippen molar-refractivity contribution < 1.29 is 0 Å². The van der Waals surface area contributed by atoms with E-state index in [0.717, 1.165) is 24.3 Å². The molecule has 0 bridgehead atoms. The first-order valence-corrected chi connectivity index (χ1v) is 7.64. The van der Waals surface area contributed by atoms with Gasteiger partial charge in [-0.05, 0) is 42.7 Å². The van der Waals surface area contributed by atoms with E-state index in [4.69, 9.17) is 16.6 Å². The number of fused-ring (bicyclic) bond motifs is 1. The molecule has 0 N–H and O–H groups in total. The lowest BCUT2D eigenvalue weighted by atomic mass is 10.1. The van der Waals surface area contributed by atoms with Crippen LogP contribution >= 0.6 is 11.6 Å². The third-order valence-electron chi connectivity index (χ3n) is 3.84. The van der Waals surface area contributed by atoms with E-state index < -0.39 is 0 Å². The topological polar surface area (TPSA) is 30.7 Å². The molecule has 0 aliphatic heterocycles. The highest BCUT2D eigenvalue weighted by molar-refractivity contribution is 6.17. The molecular weight excluding hydrogens is 282 g/mol.